The number of rotatable bonds is 5. The first-order chi connectivity index (χ1) is 11.6. The lowest BCUT2D eigenvalue weighted by molar-refractivity contribution is -0.192. The maximum absolute atomic E-state index is 10.6. The van der Waals surface area contributed by atoms with Crippen molar-refractivity contribution >= 4 is 17.6 Å². The van der Waals surface area contributed by atoms with Crippen molar-refractivity contribution in [3.05, 3.63) is 52.8 Å². The number of hydrogen-bond donors (Lipinski definition) is 1. The summed E-state index contributed by atoms with van der Waals surface area (Å²) in [6.45, 7) is 1.96. The predicted octanol–water partition coefficient (Wildman–Crippen LogP) is 3.38. The van der Waals surface area contributed by atoms with Crippen molar-refractivity contribution in [2.45, 2.75) is 19.1 Å². The molecule has 0 bridgehead atoms. The minimum atomic E-state index is -5.08. The summed E-state index contributed by atoms with van der Waals surface area (Å²) in [6.07, 6.45) is -0.0779. The van der Waals surface area contributed by atoms with E-state index < -0.39 is 12.1 Å². The fourth-order valence-electron chi connectivity index (χ4n) is 1.92. The third-order valence-corrected chi connectivity index (χ3v) is 3.40. The first-order valence-electron chi connectivity index (χ1n) is 7.28. The van der Waals surface area contributed by atoms with E-state index in [1.807, 2.05) is 30.1 Å². The number of carboxylic acid groups (broad SMARTS) is 1. The van der Waals surface area contributed by atoms with Gasteiger partial charge >= 0.3 is 12.1 Å². The first kappa shape index (κ1) is 21.0. The van der Waals surface area contributed by atoms with Crippen LogP contribution in [0.5, 0.6) is 0 Å². The zero-order valence-electron chi connectivity index (χ0n) is 13.8. The van der Waals surface area contributed by atoms with Gasteiger partial charge in [-0.25, -0.2) is 4.79 Å². The van der Waals surface area contributed by atoms with Crippen LogP contribution in [0.2, 0.25) is 5.02 Å². The Balaban J connectivity index is 0.000000381. The molecule has 1 aromatic carbocycles. The van der Waals surface area contributed by atoms with E-state index in [2.05, 4.69) is 35.4 Å². The highest BCUT2D eigenvalue weighted by Gasteiger charge is 2.38. The van der Waals surface area contributed by atoms with Gasteiger partial charge in [0.15, 0.2) is 0 Å². The molecule has 25 heavy (non-hydrogen) atoms. The number of benzene rings is 1. The number of hydrogen-bond acceptors (Lipinski definition) is 3. The van der Waals surface area contributed by atoms with E-state index in [4.69, 9.17) is 21.5 Å². The number of halogens is 4. The summed E-state index contributed by atoms with van der Waals surface area (Å²) in [5, 5.41) is 12.1. The lowest BCUT2D eigenvalue weighted by atomic mass is 10.1. The largest absolute Gasteiger partial charge is 0.490 e. The van der Waals surface area contributed by atoms with Crippen LogP contribution >= 0.6 is 11.6 Å². The molecule has 1 heterocycles. The van der Waals surface area contributed by atoms with Gasteiger partial charge < -0.3 is 10.0 Å². The van der Waals surface area contributed by atoms with Gasteiger partial charge in [0, 0.05) is 36.9 Å². The molecule has 0 saturated carbocycles. The molecule has 9 heteroatoms. The van der Waals surface area contributed by atoms with Crippen molar-refractivity contribution < 1.29 is 23.1 Å². The lowest BCUT2D eigenvalue weighted by Crippen LogP contribution is -2.21. The van der Waals surface area contributed by atoms with Crippen LogP contribution < -0.4 is 0 Å². The number of carboxylic acids is 1. The molecule has 2 aromatic rings. The van der Waals surface area contributed by atoms with E-state index in [0.717, 1.165) is 24.5 Å². The minimum Gasteiger partial charge on any atom is -0.475 e. The Morgan fingerprint density at radius 2 is 1.84 bits per heavy atom. The SMILES string of the molecule is CN(CCc1ccc(Cl)cc1)Cc1cnn(C)c1.O=C(O)C(F)(F)F. The van der Waals surface area contributed by atoms with Gasteiger partial charge in [-0.1, -0.05) is 23.7 Å². The number of likely N-dealkylation sites (N-methyl/N-ethyl adjacent to an activating group) is 1. The van der Waals surface area contributed by atoms with Crippen molar-refractivity contribution in [1.82, 2.24) is 14.7 Å². The molecule has 0 amide bonds. The number of nitrogens with zero attached hydrogens (tertiary/aromatic N) is 3. The fraction of sp³-hybridized carbons (Fsp3) is 0.375. The second-order valence-electron chi connectivity index (χ2n) is 5.44. The fourth-order valence-corrected chi connectivity index (χ4v) is 2.04. The Kier molecular flexibility index (Phi) is 7.92. The molecule has 0 radical (unpaired) electrons. The molecule has 2 rings (SSSR count). The van der Waals surface area contributed by atoms with Gasteiger partial charge in [-0.05, 0) is 31.2 Å². The lowest BCUT2D eigenvalue weighted by Gasteiger charge is -2.15. The normalized spacial score (nSPS) is 11.2. The van der Waals surface area contributed by atoms with E-state index in [0.29, 0.717) is 0 Å². The minimum absolute atomic E-state index is 0.794. The molecule has 0 unspecified atom stereocenters. The third-order valence-electron chi connectivity index (χ3n) is 3.15. The molecule has 0 aliphatic heterocycles. The van der Waals surface area contributed by atoms with Gasteiger partial charge in [-0.2, -0.15) is 18.3 Å². The highest BCUT2D eigenvalue weighted by molar-refractivity contribution is 6.30. The van der Waals surface area contributed by atoms with Crippen LogP contribution in [0, 0.1) is 0 Å². The zero-order valence-corrected chi connectivity index (χ0v) is 14.6. The van der Waals surface area contributed by atoms with Crippen LogP contribution in [0.1, 0.15) is 11.1 Å². The summed E-state index contributed by atoms with van der Waals surface area (Å²) in [7, 11) is 4.07. The predicted molar refractivity (Wildman–Crippen MR) is 88.4 cm³/mol. The molecule has 0 fully saturated rings. The van der Waals surface area contributed by atoms with Gasteiger partial charge in [-0.3, -0.25) is 4.68 Å². The van der Waals surface area contributed by atoms with Crippen LogP contribution in [0.3, 0.4) is 0 Å². The zero-order chi connectivity index (χ0) is 19.0. The second-order valence-corrected chi connectivity index (χ2v) is 5.88. The average Bonchev–Trinajstić information content (AvgIpc) is 2.91. The molecule has 138 valence electrons. The number of aliphatic carboxylic acids is 1. The van der Waals surface area contributed by atoms with Crippen molar-refractivity contribution in [3.8, 4) is 0 Å². The monoisotopic (exact) mass is 377 g/mol. The summed E-state index contributed by atoms with van der Waals surface area (Å²) in [5.41, 5.74) is 2.56. The summed E-state index contributed by atoms with van der Waals surface area (Å²) in [4.78, 5) is 11.2. The highest BCUT2D eigenvalue weighted by Crippen LogP contribution is 2.13. The van der Waals surface area contributed by atoms with Crippen LogP contribution in [0.4, 0.5) is 13.2 Å². The van der Waals surface area contributed by atoms with Crippen LogP contribution in [0.25, 0.3) is 0 Å². The summed E-state index contributed by atoms with van der Waals surface area (Å²) in [6, 6.07) is 8.05. The molecule has 0 saturated heterocycles. The molecular weight excluding hydrogens is 359 g/mol. The van der Waals surface area contributed by atoms with Gasteiger partial charge in [0.05, 0.1) is 6.20 Å². The van der Waals surface area contributed by atoms with E-state index in [1.54, 1.807) is 0 Å². The maximum Gasteiger partial charge on any atom is 0.490 e. The van der Waals surface area contributed by atoms with Gasteiger partial charge in [0.2, 0.25) is 0 Å². The second kappa shape index (κ2) is 9.43. The maximum atomic E-state index is 10.6. The summed E-state index contributed by atoms with van der Waals surface area (Å²) >= 11 is 5.86. The number of aromatic nitrogens is 2. The van der Waals surface area contributed by atoms with E-state index in [1.165, 1.54) is 11.1 Å². The third kappa shape index (κ3) is 8.55. The molecule has 0 aliphatic carbocycles. The number of alkyl halides is 3. The van der Waals surface area contributed by atoms with Crippen molar-refractivity contribution in [2.75, 3.05) is 13.6 Å². The van der Waals surface area contributed by atoms with E-state index >= 15 is 0 Å². The molecule has 1 aromatic heterocycles. The standard InChI is InChI=1S/C14H18ClN3.C2HF3O2/c1-17(10-13-9-16-18(2)11-13)8-7-12-3-5-14(15)6-4-12;3-2(4,5)1(6)7/h3-6,9,11H,7-8,10H2,1-2H3;(H,6,7). The summed E-state index contributed by atoms with van der Waals surface area (Å²) < 4.78 is 33.6. The molecule has 0 spiro atoms. The van der Waals surface area contributed by atoms with Crippen molar-refractivity contribution in [1.29, 1.82) is 0 Å². The quantitative estimate of drug-likeness (QED) is 0.867. The topological polar surface area (TPSA) is 58.4 Å². The molecule has 0 aliphatic rings. The Bertz CT molecular complexity index is 672. The number of aryl methyl sites for hydroxylation is 1. The number of carbonyl (C=O) groups is 1. The van der Waals surface area contributed by atoms with Crippen LogP contribution in [0.15, 0.2) is 36.7 Å². The van der Waals surface area contributed by atoms with Crippen molar-refractivity contribution in [3.63, 3.8) is 0 Å². The Hall–Kier alpha value is -2.06. The van der Waals surface area contributed by atoms with Crippen molar-refractivity contribution in [2.24, 2.45) is 7.05 Å². The summed E-state index contributed by atoms with van der Waals surface area (Å²) in [5.74, 6) is -2.76. The molecule has 5 nitrogen and oxygen atoms in total. The van der Waals surface area contributed by atoms with Crippen LogP contribution in [-0.4, -0.2) is 45.5 Å². The van der Waals surface area contributed by atoms with E-state index in [9.17, 15) is 13.2 Å². The van der Waals surface area contributed by atoms with Gasteiger partial charge in [-0.15, -0.1) is 0 Å². The van der Waals surface area contributed by atoms with Gasteiger partial charge in [0.1, 0.15) is 0 Å². The highest BCUT2D eigenvalue weighted by atomic mass is 35.5. The Morgan fingerprint density at radius 1 is 1.28 bits per heavy atom. The van der Waals surface area contributed by atoms with Gasteiger partial charge in [0.25, 0.3) is 0 Å². The van der Waals surface area contributed by atoms with Crippen LogP contribution in [-0.2, 0) is 24.8 Å². The molecular formula is C16H19ClF3N3O2. The average molecular weight is 378 g/mol. The Morgan fingerprint density at radius 3 is 2.28 bits per heavy atom. The first-order valence-corrected chi connectivity index (χ1v) is 7.66. The smallest absolute Gasteiger partial charge is 0.475 e. The Labute approximate surface area is 148 Å². The molecule has 0 atom stereocenters. The molecule has 1 N–H and O–H groups in total. The van der Waals surface area contributed by atoms with E-state index in [-0.39, 0.29) is 0 Å².